The maximum absolute atomic E-state index is 14.2. The molecule has 0 aliphatic carbocycles. The molecule has 0 bridgehead atoms. The third-order valence-electron chi connectivity index (χ3n) is 3.89. The highest BCUT2D eigenvalue weighted by Gasteiger charge is 2.16. The van der Waals surface area contributed by atoms with Gasteiger partial charge in [0, 0.05) is 29.2 Å². The lowest BCUT2D eigenvalue weighted by Gasteiger charge is -2.13. The van der Waals surface area contributed by atoms with Crippen molar-refractivity contribution in [2.24, 2.45) is 0 Å². The molecular weight excluding hydrogens is 371 g/mol. The predicted molar refractivity (Wildman–Crippen MR) is 101 cm³/mol. The van der Waals surface area contributed by atoms with E-state index in [1.165, 1.54) is 31.5 Å². The van der Waals surface area contributed by atoms with E-state index in [4.69, 9.17) is 16.3 Å². The van der Waals surface area contributed by atoms with Gasteiger partial charge in [0.05, 0.1) is 18.4 Å². The van der Waals surface area contributed by atoms with Gasteiger partial charge in [-0.15, -0.1) is 0 Å². The zero-order valence-corrected chi connectivity index (χ0v) is 15.4. The molecule has 1 aromatic carbocycles. The summed E-state index contributed by atoms with van der Waals surface area (Å²) in [7, 11) is 1.29. The van der Waals surface area contributed by atoms with Gasteiger partial charge in [-0.2, -0.15) is 0 Å². The molecule has 0 saturated heterocycles. The Bertz CT molecular complexity index is 997. The monoisotopic (exact) mass is 386 g/mol. The van der Waals surface area contributed by atoms with Gasteiger partial charge in [-0.25, -0.2) is 19.2 Å². The average molecular weight is 387 g/mol. The number of ether oxygens (including phenoxy) is 1. The van der Waals surface area contributed by atoms with Crippen molar-refractivity contribution < 1.29 is 13.9 Å². The number of rotatable bonds is 5. The Balaban J connectivity index is 2.06. The van der Waals surface area contributed by atoms with Crippen LogP contribution in [0.1, 0.15) is 22.8 Å². The van der Waals surface area contributed by atoms with Gasteiger partial charge in [-0.05, 0) is 30.7 Å². The quantitative estimate of drug-likeness (QED) is 0.654. The van der Waals surface area contributed by atoms with Crippen molar-refractivity contribution in [2.75, 3.05) is 12.4 Å². The molecule has 0 fully saturated rings. The van der Waals surface area contributed by atoms with Crippen LogP contribution in [0.4, 0.5) is 15.9 Å². The Labute approximate surface area is 160 Å². The van der Waals surface area contributed by atoms with E-state index in [-0.39, 0.29) is 17.0 Å². The van der Waals surface area contributed by atoms with E-state index in [2.05, 4.69) is 20.3 Å². The highest BCUT2D eigenvalue weighted by molar-refractivity contribution is 6.30. The summed E-state index contributed by atoms with van der Waals surface area (Å²) in [6.45, 7) is 1.94. The zero-order chi connectivity index (χ0) is 19.4. The van der Waals surface area contributed by atoms with Crippen LogP contribution in [-0.2, 0) is 11.2 Å². The van der Waals surface area contributed by atoms with E-state index in [0.29, 0.717) is 22.9 Å². The molecule has 138 valence electrons. The molecule has 0 unspecified atom stereocenters. The van der Waals surface area contributed by atoms with Crippen molar-refractivity contribution in [3.05, 3.63) is 64.8 Å². The van der Waals surface area contributed by atoms with Crippen molar-refractivity contribution in [3.63, 3.8) is 0 Å². The zero-order valence-electron chi connectivity index (χ0n) is 14.7. The van der Waals surface area contributed by atoms with E-state index >= 15 is 0 Å². The molecule has 2 aromatic heterocycles. The number of benzene rings is 1. The maximum atomic E-state index is 14.2. The number of aryl methyl sites for hydroxylation is 1. The fourth-order valence-corrected chi connectivity index (χ4v) is 2.65. The summed E-state index contributed by atoms with van der Waals surface area (Å²) in [6.07, 6.45) is 5.20. The normalized spacial score (nSPS) is 10.5. The first-order valence-corrected chi connectivity index (χ1v) is 8.52. The smallest absolute Gasteiger partial charge is 0.341 e. The van der Waals surface area contributed by atoms with Crippen molar-refractivity contribution in [1.29, 1.82) is 0 Å². The van der Waals surface area contributed by atoms with E-state index in [9.17, 15) is 9.18 Å². The molecule has 8 heteroatoms. The number of methoxy groups -OCH3 is 1. The minimum absolute atomic E-state index is 0.184. The maximum Gasteiger partial charge on any atom is 0.341 e. The Morgan fingerprint density at radius 1 is 1.30 bits per heavy atom. The first-order chi connectivity index (χ1) is 13.0. The Hall–Kier alpha value is -3.06. The van der Waals surface area contributed by atoms with Crippen LogP contribution >= 0.6 is 11.6 Å². The summed E-state index contributed by atoms with van der Waals surface area (Å²) >= 11 is 5.97. The molecule has 0 aliphatic rings. The summed E-state index contributed by atoms with van der Waals surface area (Å²) in [5.41, 5.74) is 1.73. The van der Waals surface area contributed by atoms with Crippen LogP contribution in [0.2, 0.25) is 5.02 Å². The highest BCUT2D eigenvalue weighted by Crippen LogP contribution is 2.27. The van der Waals surface area contributed by atoms with Gasteiger partial charge in [0.1, 0.15) is 17.2 Å². The number of hydrogen-bond donors (Lipinski definition) is 1. The van der Waals surface area contributed by atoms with Crippen molar-refractivity contribution in [1.82, 2.24) is 15.0 Å². The van der Waals surface area contributed by atoms with E-state index in [1.807, 2.05) is 6.92 Å². The molecule has 27 heavy (non-hydrogen) atoms. The van der Waals surface area contributed by atoms with Gasteiger partial charge < -0.3 is 10.1 Å². The van der Waals surface area contributed by atoms with Gasteiger partial charge in [0.25, 0.3) is 0 Å². The molecule has 2 heterocycles. The van der Waals surface area contributed by atoms with Crippen LogP contribution in [0.3, 0.4) is 0 Å². The van der Waals surface area contributed by atoms with Crippen molar-refractivity contribution >= 4 is 29.1 Å². The predicted octanol–water partition coefficient (Wildman–Crippen LogP) is 4.42. The van der Waals surface area contributed by atoms with Gasteiger partial charge in [-0.1, -0.05) is 18.5 Å². The number of carbonyl (C=O) groups excluding carboxylic acids is 1. The molecule has 0 aliphatic heterocycles. The summed E-state index contributed by atoms with van der Waals surface area (Å²) < 4.78 is 19.0. The lowest BCUT2D eigenvalue weighted by molar-refractivity contribution is 0.0601. The second-order valence-corrected chi connectivity index (χ2v) is 6.02. The Morgan fingerprint density at radius 2 is 2.11 bits per heavy atom. The molecule has 3 rings (SSSR count). The number of halogens is 2. The van der Waals surface area contributed by atoms with Gasteiger partial charge >= 0.3 is 5.97 Å². The molecule has 0 radical (unpaired) electrons. The number of anilines is 2. The molecular formula is C19H16ClFN4O2. The molecule has 3 aromatic rings. The van der Waals surface area contributed by atoms with E-state index in [1.54, 1.807) is 18.5 Å². The Kier molecular flexibility index (Phi) is 5.61. The highest BCUT2D eigenvalue weighted by atomic mass is 35.5. The lowest BCUT2D eigenvalue weighted by atomic mass is 10.1. The fraction of sp³-hybridized carbons (Fsp3) is 0.158. The van der Waals surface area contributed by atoms with Crippen molar-refractivity contribution in [2.45, 2.75) is 13.3 Å². The second kappa shape index (κ2) is 8.09. The second-order valence-electron chi connectivity index (χ2n) is 5.58. The number of esters is 1. The Morgan fingerprint density at radius 3 is 2.85 bits per heavy atom. The molecule has 0 atom stereocenters. The van der Waals surface area contributed by atoms with E-state index < -0.39 is 11.8 Å². The van der Waals surface area contributed by atoms with Gasteiger partial charge in [0.15, 0.2) is 5.82 Å². The number of nitrogens with one attached hydrogen (secondary N) is 1. The first kappa shape index (κ1) is 18.7. The molecule has 6 nitrogen and oxygen atoms in total. The van der Waals surface area contributed by atoms with Gasteiger partial charge in [0.2, 0.25) is 0 Å². The van der Waals surface area contributed by atoms with Crippen LogP contribution in [0.25, 0.3) is 11.4 Å². The number of aromatic nitrogens is 3. The van der Waals surface area contributed by atoms with E-state index in [0.717, 1.165) is 5.56 Å². The number of nitrogens with zero attached hydrogens (tertiary/aromatic N) is 3. The van der Waals surface area contributed by atoms with Crippen molar-refractivity contribution in [3.8, 4) is 11.4 Å². The van der Waals surface area contributed by atoms with Gasteiger partial charge in [-0.3, -0.25) is 4.98 Å². The lowest BCUT2D eigenvalue weighted by Crippen LogP contribution is -2.08. The largest absolute Gasteiger partial charge is 0.465 e. The molecule has 0 amide bonds. The summed E-state index contributed by atoms with van der Waals surface area (Å²) in [4.78, 5) is 24.6. The standard InChI is InChI=1S/C19H16ClFN4O2/c1-3-11-9-23-18(13-8-12(20)4-5-15(13)21)25-17(11)24-16-6-7-22-10-14(16)19(26)27-2/h4-10H,3H2,1-2H3,(H,22,23,24,25). The molecule has 0 spiro atoms. The molecule has 1 N–H and O–H groups in total. The summed E-state index contributed by atoms with van der Waals surface area (Å²) in [5.74, 6) is -0.367. The average Bonchev–Trinajstić information content (AvgIpc) is 2.69. The van der Waals surface area contributed by atoms with Crippen LogP contribution in [-0.4, -0.2) is 28.0 Å². The SMILES string of the molecule is CCc1cnc(-c2cc(Cl)ccc2F)nc1Nc1ccncc1C(=O)OC. The minimum Gasteiger partial charge on any atom is -0.465 e. The van der Waals surface area contributed by atoms with Crippen LogP contribution < -0.4 is 5.32 Å². The fourth-order valence-electron chi connectivity index (χ4n) is 2.48. The summed E-state index contributed by atoms with van der Waals surface area (Å²) in [5, 5.41) is 3.48. The molecule has 0 saturated carbocycles. The van der Waals surface area contributed by atoms with Crippen LogP contribution in [0, 0.1) is 5.82 Å². The van der Waals surface area contributed by atoms with Crippen LogP contribution in [0.15, 0.2) is 42.9 Å². The number of hydrogen-bond acceptors (Lipinski definition) is 6. The third kappa shape index (κ3) is 4.03. The summed E-state index contributed by atoms with van der Waals surface area (Å²) in [6, 6.07) is 5.82. The first-order valence-electron chi connectivity index (χ1n) is 8.14. The topological polar surface area (TPSA) is 77.0 Å². The third-order valence-corrected chi connectivity index (χ3v) is 4.13. The minimum atomic E-state index is -0.529. The number of pyridine rings is 1. The number of carbonyl (C=O) groups is 1. The van der Waals surface area contributed by atoms with Crippen LogP contribution in [0.5, 0.6) is 0 Å².